The molecule has 178 valence electrons. The summed E-state index contributed by atoms with van der Waals surface area (Å²) < 4.78 is 28.6. The van der Waals surface area contributed by atoms with E-state index in [1.165, 1.54) is 6.21 Å². The fourth-order valence-corrected chi connectivity index (χ4v) is 5.35. The summed E-state index contributed by atoms with van der Waals surface area (Å²) in [5.41, 5.74) is 3.54. The number of nitrogens with two attached hydrogens (primary N) is 1. The number of amides is 1. The first kappa shape index (κ1) is 23.4. The molecular weight excluding hydrogens is 424 g/mol. The van der Waals surface area contributed by atoms with Crippen LogP contribution in [0.15, 0.2) is 35.7 Å². The van der Waals surface area contributed by atoms with Crippen molar-refractivity contribution in [3.8, 4) is 0 Å². The van der Waals surface area contributed by atoms with Gasteiger partial charge in [-0.25, -0.2) is 8.78 Å². The predicted molar refractivity (Wildman–Crippen MR) is 126 cm³/mol. The van der Waals surface area contributed by atoms with Crippen molar-refractivity contribution in [2.75, 3.05) is 25.0 Å². The third-order valence-electron chi connectivity index (χ3n) is 6.98. The van der Waals surface area contributed by atoms with Gasteiger partial charge in [-0.2, -0.15) is 0 Å². The van der Waals surface area contributed by atoms with Gasteiger partial charge in [0.25, 0.3) is 6.43 Å². The van der Waals surface area contributed by atoms with Gasteiger partial charge in [-0.3, -0.25) is 10.2 Å². The van der Waals surface area contributed by atoms with Crippen molar-refractivity contribution in [3.63, 3.8) is 0 Å². The van der Waals surface area contributed by atoms with Gasteiger partial charge in [-0.15, -0.1) is 0 Å². The number of alkyl halides is 2. The van der Waals surface area contributed by atoms with E-state index in [9.17, 15) is 13.6 Å². The number of fused-ring (bicyclic) bond motifs is 1. The third kappa shape index (κ3) is 4.40. The van der Waals surface area contributed by atoms with Gasteiger partial charge in [0.2, 0.25) is 5.91 Å². The van der Waals surface area contributed by atoms with Gasteiger partial charge >= 0.3 is 0 Å². The molecule has 2 aliphatic heterocycles. The van der Waals surface area contributed by atoms with Crippen LogP contribution in [-0.2, 0) is 16.6 Å². The molecule has 0 spiro atoms. The zero-order valence-electron chi connectivity index (χ0n) is 19.6. The smallest absolute Gasteiger partial charge is 0.264 e. The first-order valence-corrected chi connectivity index (χ1v) is 11.7. The van der Waals surface area contributed by atoms with E-state index in [1.54, 1.807) is 13.1 Å². The number of hydrogen-bond donors (Lipinski definition) is 4. The summed E-state index contributed by atoms with van der Waals surface area (Å²) in [7, 11) is 1.80. The molecule has 1 aliphatic carbocycles. The highest BCUT2D eigenvalue weighted by molar-refractivity contribution is 5.80. The van der Waals surface area contributed by atoms with Crippen molar-refractivity contribution < 1.29 is 19.0 Å². The molecule has 1 amide bonds. The molecule has 4 rings (SSSR count). The molecule has 0 radical (unpaired) electrons. The number of carbonyl (C=O) groups excluding carboxylic acids is 1. The lowest BCUT2D eigenvalue weighted by Gasteiger charge is -2.41. The van der Waals surface area contributed by atoms with E-state index in [0.29, 0.717) is 18.5 Å². The van der Waals surface area contributed by atoms with Crippen LogP contribution in [0.4, 0.5) is 14.5 Å². The van der Waals surface area contributed by atoms with Crippen LogP contribution in [0.2, 0.25) is 0 Å². The van der Waals surface area contributed by atoms with Crippen molar-refractivity contribution in [2.45, 2.75) is 63.5 Å². The van der Waals surface area contributed by atoms with Crippen LogP contribution in [-0.4, -0.2) is 44.3 Å². The number of anilines is 1. The molecule has 3 atom stereocenters. The average Bonchev–Trinajstić information content (AvgIpc) is 2.93. The van der Waals surface area contributed by atoms with Crippen LogP contribution in [0.1, 0.15) is 56.2 Å². The Morgan fingerprint density at radius 1 is 1.39 bits per heavy atom. The van der Waals surface area contributed by atoms with Gasteiger partial charge in [0.15, 0.2) is 0 Å². The summed E-state index contributed by atoms with van der Waals surface area (Å²) in [5, 5.41) is 15.6. The number of likely N-dealkylation sites (N-methyl/N-ethyl adjacent to an activating group) is 1. The number of nitrogens with one attached hydrogen (secondary N) is 3. The minimum Gasteiger partial charge on any atom is -0.382 e. The zero-order valence-corrected chi connectivity index (χ0v) is 19.6. The van der Waals surface area contributed by atoms with Crippen LogP contribution in [0.3, 0.4) is 0 Å². The maximum Gasteiger partial charge on any atom is 0.264 e. The van der Waals surface area contributed by atoms with Gasteiger partial charge < -0.3 is 20.9 Å². The van der Waals surface area contributed by atoms with E-state index in [1.807, 2.05) is 32.1 Å². The molecule has 0 bridgehead atoms. The first-order valence-electron chi connectivity index (χ1n) is 11.7. The summed E-state index contributed by atoms with van der Waals surface area (Å²) in [5.74, 6) is -0.0178. The molecule has 3 aliphatic rings. The summed E-state index contributed by atoms with van der Waals surface area (Å²) in [6.45, 7) is 5.12. The molecule has 1 aromatic rings. The third-order valence-corrected chi connectivity index (χ3v) is 6.98. The minimum absolute atomic E-state index is 0.00268. The molecule has 6 nitrogen and oxygen atoms in total. The normalized spacial score (nSPS) is 24.4. The average molecular weight is 459 g/mol. The largest absolute Gasteiger partial charge is 0.382 e. The standard InChI is InChI=1S/C25H33F2N5O/c1-15-10-22(33)31-19-7-4-8-20(23(19)30-15)32-9-5-6-16-11-18(25(2,13-28)14-29-3)17(24(26)27)12-21(16)32/h4,7,11-13,15,20,24,28-30H,5-6,8-10,14H2,1-3H3,(H,31,33)/p+1/t15-,20?,25?/m1/s1. The summed E-state index contributed by atoms with van der Waals surface area (Å²) in [6.07, 6.45) is 5.79. The molecule has 0 aromatic heterocycles. The molecule has 0 saturated carbocycles. The van der Waals surface area contributed by atoms with Crippen LogP contribution in [0, 0.1) is 0 Å². The fourth-order valence-electron chi connectivity index (χ4n) is 5.35. The molecule has 1 aromatic carbocycles. The Morgan fingerprint density at radius 2 is 2.18 bits per heavy atom. The topological polar surface area (TPSA) is 82.0 Å². The Bertz CT molecular complexity index is 1000. The Hall–Kier alpha value is -2.74. The highest BCUT2D eigenvalue weighted by Crippen LogP contribution is 2.41. The Morgan fingerprint density at radius 3 is 2.88 bits per heavy atom. The van der Waals surface area contributed by atoms with Crippen LogP contribution >= 0.6 is 0 Å². The van der Waals surface area contributed by atoms with E-state index in [-0.39, 0.29) is 23.6 Å². The van der Waals surface area contributed by atoms with Crippen molar-refractivity contribution in [1.82, 2.24) is 16.0 Å². The van der Waals surface area contributed by atoms with Gasteiger partial charge in [0.1, 0.15) is 6.21 Å². The number of carbonyl (C=O) groups is 1. The van der Waals surface area contributed by atoms with Crippen LogP contribution in [0.25, 0.3) is 0 Å². The quantitative estimate of drug-likeness (QED) is 0.490. The van der Waals surface area contributed by atoms with E-state index in [0.717, 1.165) is 48.5 Å². The second kappa shape index (κ2) is 9.25. The van der Waals surface area contributed by atoms with Crippen molar-refractivity contribution >= 4 is 17.8 Å². The molecule has 2 heterocycles. The number of nitrogens with zero attached hydrogens (tertiary/aromatic N) is 1. The zero-order chi connectivity index (χ0) is 23.8. The molecular formula is C25H34F2N5O+. The molecule has 0 saturated heterocycles. The maximum atomic E-state index is 14.3. The first-order chi connectivity index (χ1) is 15.8. The van der Waals surface area contributed by atoms with Crippen molar-refractivity contribution in [3.05, 3.63) is 52.4 Å². The van der Waals surface area contributed by atoms with Gasteiger partial charge in [0, 0.05) is 36.8 Å². The Kier molecular flexibility index (Phi) is 6.56. The second-order valence-electron chi connectivity index (χ2n) is 9.56. The number of hydrogen-bond acceptors (Lipinski definition) is 4. The summed E-state index contributed by atoms with van der Waals surface area (Å²) in [6, 6.07) is 3.55. The van der Waals surface area contributed by atoms with E-state index < -0.39 is 11.8 Å². The minimum atomic E-state index is -2.61. The van der Waals surface area contributed by atoms with Crippen molar-refractivity contribution in [1.29, 1.82) is 0 Å². The summed E-state index contributed by atoms with van der Waals surface area (Å²) in [4.78, 5) is 14.5. The van der Waals surface area contributed by atoms with E-state index >= 15 is 0 Å². The van der Waals surface area contributed by atoms with E-state index in [2.05, 4.69) is 20.9 Å². The number of aryl methyl sites for hydroxylation is 1. The van der Waals surface area contributed by atoms with Gasteiger partial charge in [-0.05, 0) is 63.4 Å². The van der Waals surface area contributed by atoms with E-state index in [4.69, 9.17) is 5.41 Å². The van der Waals surface area contributed by atoms with Crippen LogP contribution < -0.4 is 26.3 Å². The monoisotopic (exact) mass is 458 g/mol. The number of allylic oxidation sites excluding steroid dienone is 1. The Labute approximate surface area is 194 Å². The number of halogens is 2. The molecule has 5 N–H and O–H groups in total. The van der Waals surface area contributed by atoms with Crippen LogP contribution in [0.5, 0.6) is 0 Å². The number of rotatable bonds is 6. The van der Waals surface area contributed by atoms with Gasteiger partial charge in [0.05, 0.1) is 22.9 Å². The highest BCUT2D eigenvalue weighted by Gasteiger charge is 2.36. The number of benzene rings is 1. The SMILES string of the molecule is CNCC(C)(C=[NH2+])c1cc2c(cc1C(F)F)N(C1CC=CC3=C1N[C@H](C)CC(=O)N3)CCC2. The molecule has 33 heavy (non-hydrogen) atoms. The highest BCUT2D eigenvalue weighted by atomic mass is 19.3. The second-order valence-corrected chi connectivity index (χ2v) is 9.56. The predicted octanol–water partition coefficient (Wildman–Crippen LogP) is 1.72. The lowest BCUT2D eigenvalue weighted by Crippen LogP contribution is -2.48. The maximum absolute atomic E-state index is 14.3. The fraction of sp³-hybridized carbons (Fsp3) is 0.520. The Balaban J connectivity index is 1.79. The lowest BCUT2D eigenvalue weighted by atomic mass is 9.78. The van der Waals surface area contributed by atoms with Gasteiger partial charge in [-0.1, -0.05) is 12.1 Å². The molecule has 8 heteroatoms. The lowest BCUT2D eigenvalue weighted by molar-refractivity contribution is -0.120. The molecule has 0 fully saturated rings. The van der Waals surface area contributed by atoms with Crippen molar-refractivity contribution in [2.24, 2.45) is 0 Å². The summed E-state index contributed by atoms with van der Waals surface area (Å²) >= 11 is 0. The molecule has 2 unspecified atom stereocenters.